The summed E-state index contributed by atoms with van der Waals surface area (Å²) < 4.78 is 2.57. The molecule has 0 radical (unpaired) electrons. The molecule has 0 atom stereocenters. The maximum absolute atomic E-state index is 11.8. The van der Waals surface area contributed by atoms with Crippen molar-refractivity contribution in [3.8, 4) is 0 Å². The summed E-state index contributed by atoms with van der Waals surface area (Å²) in [4.78, 5) is 16.6. The van der Waals surface area contributed by atoms with Crippen LogP contribution < -0.4 is 10.5 Å². The first-order chi connectivity index (χ1) is 8.79. The Labute approximate surface area is 123 Å². The predicted octanol–water partition coefficient (Wildman–Crippen LogP) is 2.07. The Morgan fingerprint density at radius 2 is 1.68 bits per heavy atom. The van der Waals surface area contributed by atoms with Gasteiger partial charge in [0.1, 0.15) is 5.82 Å². The van der Waals surface area contributed by atoms with Crippen LogP contribution in [0.25, 0.3) is 0 Å². The molecule has 0 bridgehead atoms. The van der Waals surface area contributed by atoms with Gasteiger partial charge in [0, 0.05) is 49.3 Å². The van der Waals surface area contributed by atoms with Gasteiger partial charge in [-0.1, -0.05) is 15.9 Å². The molecule has 1 aliphatic heterocycles. The zero-order valence-corrected chi connectivity index (χ0v) is 13.7. The van der Waals surface area contributed by atoms with E-state index >= 15 is 0 Å². The molecule has 0 saturated carbocycles. The Bertz CT molecular complexity index is 510. The third-order valence-corrected chi connectivity index (χ3v) is 4.21. The zero-order chi connectivity index (χ0) is 14.2. The zero-order valence-electron chi connectivity index (χ0n) is 12.1. The monoisotopic (exact) mass is 327 g/mol. The van der Waals surface area contributed by atoms with E-state index in [2.05, 4.69) is 46.5 Å². The van der Waals surface area contributed by atoms with Crippen molar-refractivity contribution in [2.24, 2.45) is 7.05 Å². The van der Waals surface area contributed by atoms with Gasteiger partial charge in [0.2, 0.25) is 0 Å². The molecule has 0 amide bonds. The first-order valence-electron chi connectivity index (χ1n) is 6.65. The smallest absolute Gasteiger partial charge is 0.252 e. The summed E-state index contributed by atoms with van der Waals surface area (Å²) in [5, 5.41) is 0. The van der Waals surface area contributed by atoms with Crippen LogP contribution in [0.2, 0.25) is 0 Å². The number of pyridine rings is 1. The van der Waals surface area contributed by atoms with E-state index in [1.165, 1.54) is 0 Å². The molecule has 106 valence electrons. The number of hydrogen-bond donors (Lipinski definition) is 0. The fourth-order valence-corrected chi connectivity index (χ4v) is 2.90. The van der Waals surface area contributed by atoms with Crippen molar-refractivity contribution in [2.75, 3.05) is 31.1 Å². The molecule has 0 aromatic carbocycles. The number of aromatic nitrogens is 1. The molecule has 1 fully saturated rings. The summed E-state index contributed by atoms with van der Waals surface area (Å²) in [6.07, 6.45) is 0. The fourth-order valence-electron chi connectivity index (χ4n) is 2.50. The van der Waals surface area contributed by atoms with E-state index in [-0.39, 0.29) is 11.1 Å². The first-order valence-corrected chi connectivity index (χ1v) is 7.45. The Balaban J connectivity index is 2.17. The van der Waals surface area contributed by atoms with Gasteiger partial charge >= 0.3 is 0 Å². The molecule has 4 nitrogen and oxygen atoms in total. The van der Waals surface area contributed by atoms with E-state index in [0.717, 1.165) is 36.5 Å². The maximum Gasteiger partial charge on any atom is 0.252 e. The normalized spacial score (nSPS) is 17.8. The second kappa shape index (κ2) is 5.29. The molecule has 0 spiro atoms. The molecule has 1 saturated heterocycles. The Hall–Kier alpha value is -0.810. The van der Waals surface area contributed by atoms with Crippen molar-refractivity contribution in [3.63, 3.8) is 0 Å². The second-order valence-corrected chi connectivity index (χ2v) is 6.99. The van der Waals surface area contributed by atoms with Crippen LogP contribution in [-0.4, -0.2) is 41.2 Å². The van der Waals surface area contributed by atoms with Crippen molar-refractivity contribution >= 4 is 21.7 Å². The number of anilines is 1. The van der Waals surface area contributed by atoms with Crippen molar-refractivity contribution < 1.29 is 0 Å². The molecule has 0 N–H and O–H groups in total. The minimum Gasteiger partial charge on any atom is -0.355 e. The fraction of sp³-hybridized carbons (Fsp3) is 0.643. The summed E-state index contributed by atoms with van der Waals surface area (Å²) >= 11 is 3.41. The van der Waals surface area contributed by atoms with Crippen LogP contribution in [0.4, 0.5) is 5.82 Å². The van der Waals surface area contributed by atoms with Crippen LogP contribution in [0.3, 0.4) is 0 Å². The van der Waals surface area contributed by atoms with Crippen molar-refractivity contribution in [1.82, 2.24) is 9.47 Å². The van der Waals surface area contributed by atoms with Crippen LogP contribution in [0.1, 0.15) is 20.8 Å². The predicted molar refractivity (Wildman–Crippen MR) is 82.9 cm³/mol. The topological polar surface area (TPSA) is 28.5 Å². The standard InChI is InChI=1S/C14H22BrN3O/c1-14(2,3)18-7-5-17(6-8-18)12-9-11(15)10-13(19)16(12)4/h9-10H,5-8H2,1-4H3. The van der Waals surface area contributed by atoms with Gasteiger partial charge in [-0.05, 0) is 26.8 Å². The average molecular weight is 328 g/mol. The maximum atomic E-state index is 11.8. The highest BCUT2D eigenvalue weighted by Crippen LogP contribution is 2.21. The minimum atomic E-state index is 0.0302. The molecule has 0 unspecified atom stereocenters. The van der Waals surface area contributed by atoms with Gasteiger partial charge in [0.15, 0.2) is 0 Å². The van der Waals surface area contributed by atoms with E-state index in [9.17, 15) is 4.79 Å². The molecule has 1 aromatic rings. The van der Waals surface area contributed by atoms with Crippen molar-refractivity contribution in [1.29, 1.82) is 0 Å². The minimum absolute atomic E-state index is 0.0302. The van der Waals surface area contributed by atoms with Crippen LogP contribution in [0.5, 0.6) is 0 Å². The van der Waals surface area contributed by atoms with Crippen LogP contribution in [-0.2, 0) is 7.05 Å². The van der Waals surface area contributed by atoms with Gasteiger partial charge in [-0.2, -0.15) is 0 Å². The van der Waals surface area contributed by atoms with Gasteiger partial charge in [0.05, 0.1) is 0 Å². The lowest BCUT2D eigenvalue weighted by Crippen LogP contribution is -2.54. The number of rotatable bonds is 1. The Kier molecular flexibility index (Phi) is 4.06. The number of piperazine rings is 1. The lowest BCUT2D eigenvalue weighted by Gasteiger charge is -2.43. The van der Waals surface area contributed by atoms with E-state index < -0.39 is 0 Å². The van der Waals surface area contributed by atoms with E-state index in [4.69, 9.17) is 0 Å². The Morgan fingerprint density at radius 3 is 2.21 bits per heavy atom. The van der Waals surface area contributed by atoms with Crippen molar-refractivity contribution in [3.05, 3.63) is 27.0 Å². The Morgan fingerprint density at radius 1 is 1.11 bits per heavy atom. The van der Waals surface area contributed by atoms with Crippen LogP contribution >= 0.6 is 15.9 Å². The first kappa shape index (κ1) is 14.6. The van der Waals surface area contributed by atoms with Gasteiger partial charge in [-0.25, -0.2) is 0 Å². The average Bonchev–Trinajstić information content (AvgIpc) is 2.33. The van der Waals surface area contributed by atoms with E-state index in [1.807, 2.05) is 13.1 Å². The summed E-state index contributed by atoms with van der Waals surface area (Å²) in [5.74, 6) is 0.993. The summed E-state index contributed by atoms with van der Waals surface area (Å²) in [6.45, 7) is 10.7. The molecule has 2 rings (SSSR count). The highest BCUT2D eigenvalue weighted by atomic mass is 79.9. The van der Waals surface area contributed by atoms with Gasteiger partial charge < -0.3 is 4.90 Å². The number of halogens is 1. The molecule has 2 heterocycles. The van der Waals surface area contributed by atoms with Gasteiger partial charge in [-0.15, -0.1) is 0 Å². The molecule has 0 aliphatic carbocycles. The quantitative estimate of drug-likeness (QED) is 0.790. The number of hydrogen-bond acceptors (Lipinski definition) is 3. The third-order valence-electron chi connectivity index (χ3n) is 3.75. The number of nitrogens with zero attached hydrogens (tertiary/aromatic N) is 3. The van der Waals surface area contributed by atoms with Gasteiger partial charge in [-0.3, -0.25) is 14.3 Å². The lowest BCUT2D eigenvalue weighted by molar-refractivity contribution is 0.128. The van der Waals surface area contributed by atoms with E-state index in [0.29, 0.717) is 0 Å². The third kappa shape index (κ3) is 3.20. The van der Waals surface area contributed by atoms with Gasteiger partial charge in [0.25, 0.3) is 5.56 Å². The molecule has 1 aliphatic rings. The lowest BCUT2D eigenvalue weighted by atomic mass is 10.1. The second-order valence-electron chi connectivity index (χ2n) is 6.07. The summed E-state index contributed by atoms with van der Waals surface area (Å²) in [5.41, 5.74) is 0.248. The summed E-state index contributed by atoms with van der Waals surface area (Å²) in [6, 6.07) is 3.63. The van der Waals surface area contributed by atoms with Crippen LogP contribution in [0, 0.1) is 0 Å². The molecular formula is C14H22BrN3O. The van der Waals surface area contributed by atoms with Crippen molar-refractivity contribution in [2.45, 2.75) is 26.3 Å². The molecule has 1 aromatic heterocycles. The molecule has 19 heavy (non-hydrogen) atoms. The van der Waals surface area contributed by atoms with E-state index in [1.54, 1.807) is 10.6 Å². The molecule has 5 heteroatoms. The summed E-state index contributed by atoms with van der Waals surface area (Å²) in [7, 11) is 1.83. The molecular weight excluding hydrogens is 306 g/mol. The highest BCUT2D eigenvalue weighted by Gasteiger charge is 2.26. The largest absolute Gasteiger partial charge is 0.355 e. The van der Waals surface area contributed by atoms with Crippen LogP contribution in [0.15, 0.2) is 21.4 Å². The SMILES string of the molecule is Cn1c(N2CCN(C(C)(C)C)CC2)cc(Br)cc1=O. The highest BCUT2D eigenvalue weighted by molar-refractivity contribution is 9.10.